The third-order valence-corrected chi connectivity index (χ3v) is 5.60. The van der Waals surface area contributed by atoms with Crippen LogP contribution >= 0.6 is 0 Å². The fourth-order valence-electron chi connectivity index (χ4n) is 4.08. The van der Waals surface area contributed by atoms with Crippen molar-refractivity contribution in [3.05, 3.63) is 69.1 Å². The quantitative estimate of drug-likeness (QED) is 0.357. The van der Waals surface area contributed by atoms with E-state index in [1.165, 1.54) is 6.07 Å². The number of benzene rings is 2. The summed E-state index contributed by atoms with van der Waals surface area (Å²) in [6, 6.07) is 10.3. The Balaban J connectivity index is 1.95. The Hall–Kier alpha value is -4.21. The Kier molecular flexibility index (Phi) is 5.82. The number of ether oxygens (including phenoxy) is 3. The van der Waals surface area contributed by atoms with Crippen molar-refractivity contribution in [2.75, 3.05) is 13.7 Å². The van der Waals surface area contributed by atoms with Gasteiger partial charge in [0.2, 0.25) is 11.6 Å². The van der Waals surface area contributed by atoms with E-state index < -0.39 is 22.3 Å². The number of H-pyrrole nitrogens is 1. The zero-order valence-electron chi connectivity index (χ0n) is 18.4. The Bertz CT molecular complexity index is 1230. The molecule has 3 aromatic rings. The molecule has 4 rings (SSSR count). The number of hydrogen-bond donors (Lipinski definition) is 3. The summed E-state index contributed by atoms with van der Waals surface area (Å²) in [6.45, 7) is 3.89. The first-order valence-electron chi connectivity index (χ1n) is 10.4. The van der Waals surface area contributed by atoms with E-state index in [0.717, 1.165) is 11.1 Å². The van der Waals surface area contributed by atoms with E-state index in [9.17, 15) is 15.2 Å². The molecule has 172 valence electrons. The number of phenolic OH excluding ortho intramolecular Hbond substituents is 1. The Labute approximate surface area is 189 Å². The van der Waals surface area contributed by atoms with Crippen molar-refractivity contribution in [1.29, 1.82) is 0 Å². The van der Waals surface area contributed by atoms with Gasteiger partial charge >= 0.3 is 5.69 Å². The molecule has 1 aliphatic heterocycles. The number of rotatable bonds is 7. The van der Waals surface area contributed by atoms with Crippen molar-refractivity contribution >= 4 is 5.69 Å². The minimum Gasteiger partial charge on any atom is -0.500 e. The first-order chi connectivity index (χ1) is 15.9. The van der Waals surface area contributed by atoms with E-state index in [4.69, 9.17) is 19.9 Å². The lowest BCUT2D eigenvalue weighted by molar-refractivity contribution is -0.386. The fourth-order valence-corrected chi connectivity index (χ4v) is 4.08. The van der Waals surface area contributed by atoms with Crippen LogP contribution in [0.5, 0.6) is 23.1 Å². The zero-order valence-corrected chi connectivity index (χ0v) is 18.4. The van der Waals surface area contributed by atoms with Crippen molar-refractivity contribution in [2.24, 2.45) is 5.73 Å². The minimum absolute atomic E-state index is 0.0262. The average molecular weight is 452 g/mol. The molecule has 1 unspecified atom stereocenters. The lowest BCUT2D eigenvalue weighted by Gasteiger charge is -2.27. The number of nitro groups is 1. The van der Waals surface area contributed by atoms with E-state index in [-0.39, 0.29) is 24.1 Å². The molecule has 0 radical (unpaired) electrons. The summed E-state index contributed by atoms with van der Waals surface area (Å²) < 4.78 is 16.5. The normalized spacial score (nSPS) is 15.1. The van der Waals surface area contributed by atoms with Crippen molar-refractivity contribution < 1.29 is 24.2 Å². The number of hydrogen-bond acceptors (Lipinski definition) is 8. The molecule has 0 aliphatic carbocycles. The highest BCUT2D eigenvalue weighted by Crippen LogP contribution is 2.49. The van der Waals surface area contributed by atoms with Gasteiger partial charge in [0.1, 0.15) is 5.75 Å². The molecule has 33 heavy (non-hydrogen) atoms. The lowest BCUT2D eigenvalue weighted by atomic mass is 9.81. The van der Waals surface area contributed by atoms with Gasteiger partial charge in [-0.15, -0.1) is 5.10 Å². The second kappa shape index (κ2) is 8.73. The lowest BCUT2D eigenvalue weighted by Crippen LogP contribution is -2.21. The molecule has 1 aromatic heterocycles. The van der Waals surface area contributed by atoms with Gasteiger partial charge in [0, 0.05) is 23.1 Å². The zero-order chi connectivity index (χ0) is 23.7. The van der Waals surface area contributed by atoms with Crippen LogP contribution in [-0.2, 0) is 0 Å². The molecule has 0 bridgehead atoms. The Morgan fingerprint density at radius 1 is 1.27 bits per heavy atom. The largest absolute Gasteiger partial charge is 0.500 e. The van der Waals surface area contributed by atoms with Gasteiger partial charge in [0.25, 0.3) is 0 Å². The fraction of sp³-hybridized carbons (Fsp3) is 0.261. The maximum Gasteiger partial charge on any atom is 0.314 e. The Morgan fingerprint density at radius 3 is 2.61 bits per heavy atom. The number of nitro benzene ring substituents is 1. The van der Waals surface area contributed by atoms with Gasteiger partial charge in [-0.3, -0.25) is 15.2 Å². The number of aromatic nitrogens is 2. The summed E-state index contributed by atoms with van der Waals surface area (Å²) in [4.78, 5) is 11.0. The summed E-state index contributed by atoms with van der Waals surface area (Å²) in [5.74, 6) is 0.182. The number of allylic oxidation sites excluding steroid dienone is 1. The van der Waals surface area contributed by atoms with Crippen LogP contribution in [0.4, 0.5) is 5.69 Å². The van der Waals surface area contributed by atoms with Crippen LogP contribution in [-0.4, -0.2) is 33.9 Å². The molecular formula is C23H24N4O6. The molecule has 10 nitrogen and oxygen atoms in total. The summed E-state index contributed by atoms with van der Waals surface area (Å²) in [6.07, 6.45) is 0.530. The van der Waals surface area contributed by atoms with Crippen LogP contribution in [0, 0.1) is 10.1 Å². The molecule has 0 fully saturated rings. The van der Waals surface area contributed by atoms with Crippen LogP contribution in [0.2, 0.25) is 0 Å². The highest BCUT2D eigenvalue weighted by molar-refractivity contribution is 5.71. The first-order valence-corrected chi connectivity index (χ1v) is 10.4. The molecule has 2 aromatic carbocycles. The maximum absolute atomic E-state index is 11.7. The first kappa shape index (κ1) is 22.0. The number of aromatic hydroxyl groups is 1. The molecule has 0 saturated carbocycles. The molecule has 1 aliphatic rings. The van der Waals surface area contributed by atoms with E-state index in [2.05, 4.69) is 10.2 Å². The maximum atomic E-state index is 11.7. The monoisotopic (exact) mass is 452 g/mol. The van der Waals surface area contributed by atoms with E-state index >= 15 is 0 Å². The van der Waals surface area contributed by atoms with Crippen LogP contribution in [0.25, 0.3) is 11.3 Å². The van der Waals surface area contributed by atoms with Gasteiger partial charge in [-0.05, 0) is 49.2 Å². The molecule has 4 N–H and O–H groups in total. The third kappa shape index (κ3) is 3.79. The van der Waals surface area contributed by atoms with Crippen LogP contribution in [0.1, 0.15) is 37.3 Å². The van der Waals surface area contributed by atoms with Crippen molar-refractivity contribution in [3.8, 4) is 34.4 Å². The topological polar surface area (TPSA) is 146 Å². The van der Waals surface area contributed by atoms with Crippen molar-refractivity contribution in [3.63, 3.8) is 0 Å². The number of nitrogens with zero attached hydrogens (tertiary/aromatic N) is 2. The van der Waals surface area contributed by atoms with E-state index in [0.29, 0.717) is 29.0 Å². The van der Waals surface area contributed by atoms with Gasteiger partial charge in [-0.25, -0.2) is 0 Å². The number of nitrogens with two attached hydrogens (primary N) is 1. The molecule has 0 saturated heterocycles. The van der Waals surface area contributed by atoms with Gasteiger partial charge < -0.3 is 25.1 Å². The molecular weight excluding hydrogens is 428 g/mol. The van der Waals surface area contributed by atoms with Gasteiger partial charge in [-0.1, -0.05) is 6.92 Å². The smallest absolute Gasteiger partial charge is 0.314 e. The molecule has 2 heterocycles. The predicted molar refractivity (Wildman–Crippen MR) is 120 cm³/mol. The van der Waals surface area contributed by atoms with Crippen LogP contribution in [0.3, 0.4) is 0 Å². The van der Waals surface area contributed by atoms with Gasteiger partial charge in [0.15, 0.2) is 11.6 Å². The van der Waals surface area contributed by atoms with Gasteiger partial charge in [0.05, 0.1) is 29.9 Å². The number of phenols is 1. The second-order valence-electron chi connectivity index (χ2n) is 7.40. The summed E-state index contributed by atoms with van der Waals surface area (Å²) >= 11 is 0. The summed E-state index contributed by atoms with van der Waals surface area (Å²) in [5.41, 5.74) is 9.23. The van der Waals surface area contributed by atoms with Crippen LogP contribution in [0.15, 0.2) is 47.9 Å². The number of methoxy groups -OCH3 is 1. The highest BCUT2D eigenvalue weighted by Gasteiger charge is 2.36. The second-order valence-corrected chi connectivity index (χ2v) is 7.40. The highest BCUT2D eigenvalue weighted by atomic mass is 16.6. The molecule has 0 amide bonds. The van der Waals surface area contributed by atoms with Crippen molar-refractivity contribution in [2.45, 2.75) is 26.2 Å². The summed E-state index contributed by atoms with van der Waals surface area (Å²) in [5, 5.41) is 29.3. The average Bonchev–Trinajstić information content (AvgIpc) is 3.22. The Morgan fingerprint density at radius 2 is 2.00 bits per heavy atom. The van der Waals surface area contributed by atoms with E-state index in [1.807, 2.05) is 31.2 Å². The number of nitrogens with one attached hydrogen (secondary N) is 1. The molecule has 10 heteroatoms. The SMILES string of the molecule is CCOc1cc(C2C(CC)=C(N)Oc3n[nH]c(-c4ccc(OC)cc4)c32)cc([N+](=O)[O-])c1O. The summed E-state index contributed by atoms with van der Waals surface area (Å²) in [7, 11) is 1.59. The van der Waals surface area contributed by atoms with E-state index in [1.54, 1.807) is 20.1 Å². The standard InChI is InChI=1S/C23H24N4O6/c1-4-15-18(13-10-16(27(29)30)21(28)17(11-13)32-5-2)19-20(25-26-23(19)33-22(15)24)12-6-8-14(31-3)9-7-12/h6-11,18,28H,4-5,24H2,1-3H3,(H,25,26). The molecule has 1 atom stereocenters. The minimum atomic E-state index is -0.639. The van der Waals surface area contributed by atoms with Gasteiger partial charge in [-0.2, -0.15) is 0 Å². The third-order valence-electron chi connectivity index (χ3n) is 5.60. The van der Waals surface area contributed by atoms with Crippen LogP contribution < -0.4 is 19.9 Å². The molecule has 0 spiro atoms. The number of fused-ring (bicyclic) bond motifs is 1. The van der Waals surface area contributed by atoms with Crippen molar-refractivity contribution in [1.82, 2.24) is 10.2 Å². The number of aromatic amines is 1. The predicted octanol–water partition coefficient (Wildman–Crippen LogP) is 4.20.